The predicted octanol–water partition coefficient (Wildman–Crippen LogP) is 2.09. The Bertz CT molecular complexity index is 481. The van der Waals surface area contributed by atoms with Crippen LogP contribution in [0.15, 0.2) is 36.4 Å². The van der Waals surface area contributed by atoms with E-state index in [1.807, 2.05) is 0 Å². The molecular formula is C14H15NO2. The molecule has 0 heterocycles. The number of hydrogen-bond donors (Lipinski definition) is 2. The average molecular weight is 229 g/mol. The third-order valence-corrected chi connectivity index (χ3v) is 3.74. The standard InChI is InChI=1S/C14H15NO2/c16-13-4-2-1-3-11(13)14(17)15-12-8-9-5-6-10(12)7-9/h1-6,9-10,12,16H,7-8H2,(H,15,17). The Morgan fingerprint density at radius 3 is 2.71 bits per heavy atom. The van der Waals surface area contributed by atoms with Crippen LogP contribution in [0.1, 0.15) is 23.2 Å². The first-order chi connectivity index (χ1) is 8.24. The van der Waals surface area contributed by atoms with Crippen molar-refractivity contribution >= 4 is 5.91 Å². The first-order valence-corrected chi connectivity index (χ1v) is 6.01. The molecule has 1 saturated carbocycles. The molecule has 88 valence electrons. The van der Waals surface area contributed by atoms with Crippen LogP contribution < -0.4 is 5.32 Å². The van der Waals surface area contributed by atoms with Crippen LogP contribution in [-0.2, 0) is 0 Å². The van der Waals surface area contributed by atoms with Crippen LogP contribution in [0.3, 0.4) is 0 Å². The molecule has 1 aromatic carbocycles. The minimum absolute atomic E-state index is 0.0451. The maximum absolute atomic E-state index is 12.0. The van der Waals surface area contributed by atoms with Gasteiger partial charge in [-0.25, -0.2) is 0 Å². The van der Waals surface area contributed by atoms with Gasteiger partial charge in [0, 0.05) is 6.04 Å². The number of phenolic OH excluding ortho intramolecular Hbond substituents is 1. The number of carbonyl (C=O) groups is 1. The minimum atomic E-state index is -0.172. The lowest BCUT2D eigenvalue weighted by molar-refractivity contribution is 0.0928. The van der Waals surface area contributed by atoms with E-state index < -0.39 is 0 Å². The Morgan fingerprint density at radius 1 is 1.24 bits per heavy atom. The Balaban J connectivity index is 1.72. The van der Waals surface area contributed by atoms with Crippen LogP contribution in [0.2, 0.25) is 0 Å². The fraction of sp³-hybridized carbons (Fsp3) is 0.357. The highest BCUT2D eigenvalue weighted by Crippen LogP contribution is 2.39. The molecule has 3 unspecified atom stereocenters. The first kappa shape index (κ1) is 10.4. The van der Waals surface area contributed by atoms with Crippen molar-refractivity contribution in [3.8, 4) is 5.75 Å². The Hall–Kier alpha value is -1.77. The van der Waals surface area contributed by atoms with E-state index in [0.29, 0.717) is 17.4 Å². The molecule has 3 rings (SSSR count). The molecule has 2 N–H and O–H groups in total. The van der Waals surface area contributed by atoms with Crippen molar-refractivity contribution in [2.75, 3.05) is 0 Å². The van der Waals surface area contributed by atoms with E-state index in [9.17, 15) is 9.90 Å². The van der Waals surface area contributed by atoms with Gasteiger partial charge in [-0.1, -0.05) is 24.3 Å². The summed E-state index contributed by atoms with van der Waals surface area (Å²) in [5.74, 6) is 0.988. The van der Waals surface area contributed by atoms with Gasteiger partial charge in [0.15, 0.2) is 0 Å². The van der Waals surface area contributed by atoms with Crippen LogP contribution in [0, 0.1) is 11.8 Å². The fourth-order valence-electron chi connectivity index (χ4n) is 2.86. The number of rotatable bonds is 2. The molecule has 0 radical (unpaired) electrons. The van der Waals surface area contributed by atoms with Gasteiger partial charge in [0.25, 0.3) is 5.91 Å². The van der Waals surface area contributed by atoms with Gasteiger partial charge in [0.2, 0.25) is 0 Å². The number of para-hydroxylation sites is 1. The summed E-state index contributed by atoms with van der Waals surface area (Å²) in [6.07, 6.45) is 6.63. The van der Waals surface area contributed by atoms with Gasteiger partial charge in [-0.2, -0.15) is 0 Å². The molecule has 1 aromatic rings. The summed E-state index contributed by atoms with van der Waals surface area (Å²) >= 11 is 0. The highest BCUT2D eigenvalue weighted by Gasteiger charge is 2.36. The quantitative estimate of drug-likeness (QED) is 0.763. The van der Waals surface area contributed by atoms with E-state index in [1.54, 1.807) is 18.2 Å². The first-order valence-electron chi connectivity index (χ1n) is 6.01. The molecule has 17 heavy (non-hydrogen) atoms. The number of phenols is 1. The molecule has 2 aliphatic rings. The maximum Gasteiger partial charge on any atom is 0.255 e. The predicted molar refractivity (Wildman–Crippen MR) is 64.7 cm³/mol. The summed E-state index contributed by atoms with van der Waals surface area (Å²) < 4.78 is 0. The van der Waals surface area contributed by atoms with E-state index in [0.717, 1.165) is 12.8 Å². The average Bonchev–Trinajstić information content (AvgIpc) is 2.91. The van der Waals surface area contributed by atoms with Crippen molar-refractivity contribution in [3.05, 3.63) is 42.0 Å². The van der Waals surface area contributed by atoms with Gasteiger partial charge in [-0.15, -0.1) is 0 Å². The lowest BCUT2D eigenvalue weighted by atomic mass is 10.0. The number of carbonyl (C=O) groups excluding carboxylic acids is 1. The van der Waals surface area contributed by atoms with Crippen molar-refractivity contribution in [1.82, 2.24) is 5.32 Å². The highest BCUT2D eigenvalue weighted by atomic mass is 16.3. The molecule has 1 amide bonds. The summed E-state index contributed by atoms with van der Waals surface area (Å²) in [4.78, 5) is 12.0. The van der Waals surface area contributed by atoms with E-state index in [4.69, 9.17) is 0 Å². The van der Waals surface area contributed by atoms with Crippen molar-refractivity contribution in [2.24, 2.45) is 11.8 Å². The van der Waals surface area contributed by atoms with Crippen LogP contribution >= 0.6 is 0 Å². The molecule has 1 fully saturated rings. The Labute approximate surface area is 100 Å². The summed E-state index contributed by atoms with van der Waals surface area (Å²) in [5.41, 5.74) is 0.360. The molecule has 0 aliphatic heterocycles. The zero-order valence-electron chi connectivity index (χ0n) is 9.47. The summed E-state index contributed by atoms with van der Waals surface area (Å²) in [6, 6.07) is 6.89. The monoisotopic (exact) mass is 229 g/mol. The van der Waals surface area contributed by atoms with Crippen LogP contribution in [0.25, 0.3) is 0 Å². The number of hydrogen-bond acceptors (Lipinski definition) is 2. The van der Waals surface area contributed by atoms with E-state index in [1.165, 1.54) is 6.07 Å². The minimum Gasteiger partial charge on any atom is -0.507 e. The van der Waals surface area contributed by atoms with E-state index in [2.05, 4.69) is 17.5 Å². The highest BCUT2D eigenvalue weighted by molar-refractivity contribution is 5.97. The molecule has 3 heteroatoms. The van der Waals surface area contributed by atoms with Gasteiger partial charge in [0.05, 0.1) is 5.56 Å². The van der Waals surface area contributed by atoms with Crippen molar-refractivity contribution in [3.63, 3.8) is 0 Å². The lowest BCUT2D eigenvalue weighted by Crippen LogP contribution is -2.37. The molecule has 0 saturated heterocycles. The normalized spacial score (nSPS) is 29.5. The third-order valence-electron chi connectivity index (χ3n) is 3.74. The molecule has 0 spiro atoms. The van der Waals surface area contributed by atoms with E-state index >= 15 is 0 Å². The summed E-state index contributed by atoms with van der Waals surface area (Å²) in [5, 5.41) is 12.6. The fourth-order valence-corrected chi connectivity index (χ4v) is 2.86. The number of nitrogens with one attached hydrogen (secondary N) is 1. The van der Waals surface area contributed by atoms with Gasteiger partial charge < -0.3 is 10.4 Å². The Morgan fingerprint density at radius 2 is 2.06 bits per heavy atom. The second-order valence-electron chi connectivity index (χ2n) is 4.88. The zero-order valence-corrected chi connectivity index (χ0v) is 9.47. The molecule has 3 atom stereocenters. The molecular weight excluding hydrogens is 214 g/mol. The van der Waals surface area contributed by atoms with Gasteiger partial charge in [-0.05, 0) is 36.8 Å². The second-order valence-corrected chi connectivity index (χ2v) is 4.88. The summed E-state index contributed by atoms with van der Waals surface area (Å²) in [6.45, 7) is 0. The van der Waals surface area contributed by atoms with Crippen LogP contribution in [0.5, 0.6) is 5.75 Å². The maximum atomic E-state index is 12.0. The summed E-state index contributed by atoms with van der Waals surface area (Å²) in [7, 11) is 0. The van der Waals surface area contributed by atoms with Gasteiger partial charge in [-0.3, -0.25) is 4.79 Å². The Kier molecular flexibility index (Phi) is 2.39. The van der Waals surface area contributed by atoms with E-state index in [-0.39, 0.29) is 17.7 Å². The van der Waals surface area contributed by atoms with Crippen molar-refractivity contribution in [1.29, 1.82) is 0 Å². The second kappa shape index (κ2) is 3.91. The SMILES string of the molecule is O=C(NC1CC2C=CC1C2)c1ccccc1O. The molecule has 0 aromatic heterocycles. The molecule has 3 nitrogen and oxygen atoms in total. The largest absolute Gasteiger partial charge is 0.507 e. The van der Waals surface area contributed by atoms with Crippen molar-refractivity contribution in [2.45, 2.75) is 18.9 Å². The number of amides is 1. The topological polar surface area (TPSA) is 49.3 Å². The lowest BCUT2D eigenvalue weighted by Gasteiger charge is -2.19. The zero-order chi connectivity index (χ0) is 11.8. The van der Waals surface area contributed by atoms with Crippen LogP contribution in [0.4, 0.5) is 0 Å². The van der Waals surface area contributed by atoms with Crippen LogP contribution in [-0.4, -0.2) is 17.1 Å². The third kappa shape index (κ3) is 1.82. The number of fused-ring (bicyclic) bond motifs is 2. The smallest absolute Gasteiger partial charge is 0.255 e. The van der Waals surface area contributed by atoms with Gasteiger partial charge in [0.1, 0.15) is 5.75 Å². The number of aromatic hydroxyl groups is 1. The van der Waals surface area contributed by atoms with Crippen molar-refractivity contribution < 1.29 is 9.90 Å². The van der Waals surface area contributed by atoms with Gasteiger partial charge >= 0.3 is 0 Å². The molecule has 2 bridgehead atoms. The number of benzene rings is 1. The molecule has 2 aliphatic carbocycles. The number of allylic oxidation sites excluding steroid dienone is 1.